The monoisotopic (exact) mass is 329 g/mol. The second-order valence-corrected chi connectivity index (χ2v) is 6.38. The molecule has 2 nitrogen and oxygen atoms in total. The summed E-state index contributed by atoms with van der Waals surface area (Å²) in [6, 6.07) is 13.8. The molecule has 0 bridgehead atoms. The molecule has 0 amide bonds. The summed E-state index contributed by atoms with van der Waals surface area (Å²) in [4.78, 5) is 2.67. The fourth-order valence-electron chi connectivity index (χ4n) is 4.26. The van der Waals surface area contributed by atoms with E-state index in [2.05, 4.69) is 48.2 Å². The lowest BCUT2D eigenvalue weighted by atomic mass is 9.77. The average Bonchev–Trinajstić information content (AvgIpc) is 2.57. The van der Waals surface area contributed by atoms with Crippen LogP contribution in [0.15, 0.2) is 36.4 Å². The lowest BCUT2D eigenvalue weighted by Crippen LogP contribution is -2.38. The Hall–Kier alpha value is -1.51. The van der Waals surface area contributed by atoms with E-state index in [-0.39, 0.29) is 12.4 Å². The minimum Gasteiger partial charge on any atom is -0.496 e. The van der Waals surface area contributed by atoms with E-state index in [9.17, 15) is 0 Å². The Morgan fingerprint density at radius 2 is 1.91 bits per heavy atom. The van der Waals surface area contributed by atoms with Crippen LogP contribution in [-0.4, -0.2) is 25.1 Å². The molecule has 1 heterocycles. The molecule has 0 saturated carbocycles. The highest BCUT2D eigenvalue weighted by molar-refractivity contribution is 5.85. The van der Waals surface area contributed by atoms with Gasteiger partial charge in [0.25, 0.3) is 0 Å². The fraction of sp³-hybridized carbons (Fsp3) is 0.400. The van der Waals surface area contributed by atoms with Crippen LogP contribution in [0.3, 0.4) is 0 Å². The number of fused-ring (bicyclic) bond motifs is 2. The van der Waals surface area contributed by atoms with Crippen molar-refractivity contribution in [2.24, 2.45) is 0 Å². The van der Waals surface area contributed by atoms with E-state index < -0.39 is 0 Å². The highest BCUT2D eigenvalue weighted by Gasteiger charge is 2.34. The van der Waals surface area contributed by atoms with Crippen LogP contribution in [-0.2, 0) is 12.8 Å². The van der Waals surface area contributed by atoms with Gasteiger partial charge in [-0.25, -0.2) is 0 Å². The molecule has 122 valence electrons. The summed E-state index contributed by atoms with van der Waals surface area (Å²) in [6.07, 6.45) is 3.50. The highest BCUT2D eigenvalue weighted by Crippen LogP contribution is 2.48. The first-order valence-electron chi connectivity index (χ1n) is 8.35. The zero-order valence-corrected chi connectivity index (χ0v) is 14.7. The molecule has 0 saturated heterocycles. The predicted octanol–water partition coefficient (Wildman–Crippen LogP) is 4.65. The SMILES string of the molecule is CCCN1CCc2cccc3c2[C@@H]1Cc1cccc(OC)c1-3.Cl. The Morgan fingerprint density at radius 3 is 2.70 bits per heavy atom. The van der Waals surface area contributed by atoms with E-state index in [1.54, 1.807) is 12.7 Å². The second-order valence-electron chi connectivity index (χ2n) is 6.38. The summed E-state index contributed by atoms with van der Waals surface area (Å²) < 4.78 is 5.66. The predicted molar refractivity (Wildman–Crippen MR) is 97.7 cm³/mol. The number of halogens is 1. The van der Waals surface area contributed by atoms with Crippen molar-refractivity contribution < 1.29 is 4.74 Å². The molecule has 4 rings (SSSR count). The Kier molecular flexibility index (Phi) is 4.65. The van der Waals surface area contributed by atoms with Gasteiger partial charge in [-0.2, -0.15) is 0 Å². The Morgan fingerprint density at radius 1 is 1.13 bits per heavy atom. The maximum absolute atomic E-state index is 5.66. The summed E-state index contributed by atoms with van der Waals surface area (Å²) in [5, 5.41) is 0. The molecule has 0 aromatic heterocycles. The Bertz CT molecular complexity index is 713. The smallest absolute Gasteiger partial charge is 0.126 e. The van der Waals surface area contributed by atoms with Gasteiger partial charge in [0.15, 0.2) is 0 Å². The van der Waals surface area contributed by atoms with Crippen molar-refractivity contribution in [1.82, 2.24) is 4.90 Å². The van der Waals surface area contributed by atoms with Crippen LogP contribution in [0.2, 0.25) is 0 Å². The lowest BCUT2D eigenvalue weighted by molar-refractivity contribution is 0.183. The van der Waals surface area contributed by atoms with Crippen molar-refractivity contribution in [1.29, 1.82) is 0 Å². The maximum Gasteiger partial charge on any atom is 0.126 e. The van der Waals surface area contributed by atoms with Gasteiger partial charge in [0.1, 0.15) is 5.75 Å². The first-order chi connectivity index (χ1) is 10.8. The minimum atomic E-state index is 0. The molecule has 2 aliphatic rings. The zero-order valence-electron chi connectivity index (χ0n) is 13.8. The van der Waals surface area contributed by atoms with E-state index in [0.29, 0.717) is 6.04 Å². The van der Waals surface area contributed by atoms with E-state index in [4.69, 9.17) is 4.74 Å². The molecule has 0 spiro atoms. The highest BCUT2D eigenvalue weighted by atomic mass is 35.5. The molecule has 0 radical (unpaired) electrons. The van der Waals surface area contributed by atoms with Crippen molar-refractivity contribution in [2.75, 3.05) is 20.2 Å². The van der Waals surface area contributed by atoms with Crippen LogP contribution < -0.4 is 4.74 Å². The van der Waals surface area contributed by atoms with Crippen LogP contribution in [0.5, 0.6) is 5.75 Å². The first kappa shape index (κ1) is 16.4. The van der Waals surface area contributed by atoms with E-state index in [0.717, 1.165) is 12.2 Å². The van der Waals surface area contributed by atoms with Gasteiger partial charge in [0.2, 0.25) is 0 Å². The van der Waals surface area contributed by atoms with Crippen molar-refractivity contribution in [2.45, 2.75) is 32.2 Å². The Balaban J connectivity index is 0.00000156. The van der Waals surface area contributed by atoms with Crippen LogP contribution in [0, 0.1) is 0 Å². The third-order valence-electron chi connectivity index (χ3n) is 5.16. The Labute approximate surface area is 144 Å². The third kappa shape index (κ3) is 2.54. The number of hydrogen-bond donors (Lipinski definition) is 0. The molecule has 2 aromatic rings. The number of rotatable bonds is 3. The van der Waals surface area contributed by atoms with Gasteiger partial charge < -0.3 is 4.74 Å². The molecule has 1 aliphatic heterocycles. The van der Waals surface area contributed by atoms with Gasteiger partial charge >= 0.3 is 0 Å². The van der Waals surface area contributed by atoms with E-state index in [1.165, 1.54) is 48.2 Å². The quantitative estimate of drug-likeness (QED) is 0.812. The summed E-state index contributed by atoms with van der Waals surface area (Å²) in [6.45, 7) is 4.66. The number of benzene rings is 2. The van der Waals surface area contributed by atoms with E-state index in [1.807, 2.05) is 0 Å². The van der Waals surface area contributed by atoms with Gasteiger partial charge in [-0.05, 0) is 54.1 Å². The standard InChI is InChI=1S/C20H23NO.ClH/c1-3-11-21-12-10-14-6-4-8-16-19(14)17(21)13-15-7-5-9-18(22-2)20(15)16;/h4-9,17H,3,10-13H2,1-2H3;1H/t17-;/m0./s1. The molecule has 0 unspecified atom stereocenters. The topological polar surface area (TPSA) is 12.5 Å². The molecular formula is C20H24ClNO. The third-order valence-corrected chi connectivity index (χ3v) is 5.16. The van der Waals surface area contributed by atoms with Crippen molar-refractivity contribution in [3.63, 3.8) is 0 Å². The lowest BCUT2D eigenvalue weighted by Gasteiger charge is -2.41. The molecule has 1 atom stereocenters. The van der Waals surface area contributed by atoms with Crippen molar-refractivity contribution in [3.8, 4) is 16.9 Å². The van der Waals surface area contributed by atoms with Crippen LogP contribution >= 0.6 is 12.4 Å². The summed E-state index contributed by atoms with van der Waals surface area (Å²) in [5.74, 6) is 1.01. The zero-order chi connectivity index (χ0) is 15.1. The fourth-order valence-corrected chi connectivity index (χ4v) is 4.26. The maximum atomic E-state index is 5.66. The van der Waals surface area contributed by atoms with Crippen LogP contribution in [0.25, 0.3) is 11.1 Å². The molecule has 0 N–H and O–H groups in total. The summed E-state index contributed by atoms with van der Waals surface area (Å²) in [5.41, 5.74) is 7.22. The van der Waals surface area contributed by atoms with Crippen LogP contribution in [0.4, 0.5) is 0 Å². The number of methoxy groups -OCH3 is 1. The molecule has 2 aromatic carbocycles. The van der Waals surface area contributed by atoms with Gasteiger partial charge in [0, 0.05) is 18.2 Å². The number of hydrogen-bond acceptors (Lipinski definition) is 2. The van der Waals surface area contributed by atoms with Crippen molar-refractivity contribution >= 4 is 12.4 Å². The van der Waals surface area contributed by atoms with E-state index >= 15 is 0 Å². The molecule has 3 heteroatoms. The van der Waals surface area contributed by atoms with Gasteiger partial charge in [-0.15, -0.1) is 12.4 Å². The van der Waals surface area contributed by atoms with Gasteiger partial charge in [-0.1, -0.05) is 37.3 Å². The number of ether oxygens (including phenoxy) is 1. The first-order valence-corrected chi connectivity index (χ1v) is 8.35. The summed E-state index contributed by atoms with van der Waals surface area (Å²) in [7, 11) is 1.78. The van der Waals surface area contributed by atoms with Crippen LogP contribution in [0.1, 0.15) is 36.1 Å². The molecule has 0 fully saturated rings. The molecule has 23 heavy (non-hydrogen) atoms. The largest absolute Gasteiger partial charge is 0.496 e. The van der Waals surface area contributed by atoms with Gasteiger partial charge in [-0.3, -0.25) is 4.90 Å². The second kappa shape index (κ2) is 6.54. The molecular weight excluding hydrogens is 306 g/mol. The minimum absolute atomic E-state index is 0. The molecule has 1 aliphatic carbocycles. The summed E-state index contributed by atoms with van der Waals surface area (Å²) >= 11 is 0. The normalized spacial score (nSPS) is 18.6. The van der Waals surface area contributed by atoms with Crippen molar-refractivity contribution in [3.05, 3.63) is 53.1 Å². The van der Waals surface area contributed by atoms with Gasteiger partial charge in [0.05, 0.1) is 7.11 Å². The number of nitrogens with zero attached hydrogens (tertiary/aromatic N) is 1. The average molecular weight is 330 g/mol.